The third kappa shape index (κ3) is 5.00. The van der Waals surface area contributed by atoms with Crippen molar-refractivity contribution in [2.75, 3.05) is 11.1 Å². The number of halogens is 1. The van der Waals surface area contributed by atoms with Crippen LogP contribution in [-0.2, 0) is 4.79 Å². The van der Waals surface area contributed by atoms with E-state index in [2.05, 4.69) is 29.4 Å². The highest BCUT2D eigenvalue weighted by atomic mass is 35.5. The van der Waals surface area contributed by atoms with E-state index in [-0.39, 0.29) is 23.9 Å². The molecule has 0 saturated carbocycles. The number of nitrogens with zero attached hydrogens (tertiary/aromatic N) is 3. The zero-order valence-electron chi connectivity index (χ0n) is 15.1. The minimum absolute atomic E-state index is 0.122. The molecule has 1 aromatic heterocycles. The SMILES string of the molecule is C[C@@H]1CCC[C@H](C)N1C(=O)CSc1nnc(NC(=O)c2ccccc2Cl)s1. The van der Waals surface area contributed by atoms with E-state index in [1.807, 2.05) is 4.90 Å². The van der Waals surface area contributed by atoms with E-state index in [1.54, 1.807) is 24.3 Å². The number of carbonyl (C=O) groups excluding carboxylic acids is 2. The fourth-order valence-corrected chi connectivity index (χ4v) is 5.08. The topological polar surface area (TPSA) is 75.2 Å². The Balaban J connectivity index is 1.56. The molecule has 2 atom stereocenters. The summed E-state index contributed by atoms with van der Waals surface area (Å²) >= 11 is 8.63. The molecule has 2 aromatic rings. The predicted molar refractivity (Wildman–Crippen MR) is 110 cm³/mol. The van der Waals surface area contributed by atoms with Crippen LogP contribution in [0, 0.1) is 0 Å². The molecule has 1 aliphatic heterocycles. The molecule has 1 aromatic carbocycles. The molecule has 2 heterocycles. The molecule has 0 spiro atoms. The van der Waals surface area contributed by atoms with Gasteiger partial charge in [-0.1, -0.05) is 46.8 Å². The van der Waals surface area contributed by atoms with E-state index < -0.39 is 0 Å². The summed E-state index contributed by atoms with van der Waals surface area (Å²) in [6.45, 7) is 4.21. The van der Waals surface area contributed by atoms with Gasteiger partial charge in [-0.05, 0) is 45.2 Å². The van der Waals surface area contributed by atoms with Crippen LogP contribution < -0.4 is 5.32 Å². The summed E-state index contributed by atoms with van der Waals surface area (Å²) in [7, 11) is 0. The van der Waals surface area contributed by atoms with Crippen LogP contribution in [0.4, 0.5) is 5.13 Å². The van der Waals surface area contributed by atoms with Crippen molar-refractivity contribution in [3.63, 3.8) is 0 Å². The number of likely N-dealkylation sites (tertiary alicyclic amines) is 1. The van der Waals surface area contributed by atoms with Gasteiger partial charge in [0, 0.05) is 12.1 Å². The number of hydrogen-bond acceptors (Lipinski definition) is 6. The number of nitrogens with one attached hydrogen (secondary N) is 1. The van der Waals surface area contributed by atoms with Gasteiger partial charge in [0.05, 0.1) is 16.3 Å². The monoisotopic (exact) mass is 424 g/mol. The molecule has 1 N–H and O–H groups in total. The highest BCUT2D eigenvalue weighted by Gasteiger charge is 2.28. The number of benzene rings is 1. The Labute approximate surface area is 171 Å². The molecule has 1 fully saturated rings. The van der Waals surface area contributed by atoms with Crippen LogP contribution in [0.2, 0.25) is 5.02 Å². The number of hydrogen-bond donors (Lipinski definition) is 1. The summed E-state index contributed by atoms with van der Waals surface area (Å²) < 4.78 is 0.648. The van der Waals surface area contributed by atoms with Crippen molar-refractivity contribution in [1.82, 2.24) is 15.1 Å². The number of piperidine rings is 1. The van der Waals surface area contributed by atoms with Gasteiger partial charge in [-0.25, -0.2) is 0 Å². The average molecular weight is 425 g/mol. The van der Waals surface area contributed by atoms with Crippen LogP contribution in [0.3, 0.4) is 0 Å². The zero-order chi connectivity index (χ0) is 19.4. The van der Waals surface area contributed by atoms with Crippen molar-refractivity contribution in [1.29, 1.82) is 0 Å². The van der Waals surface area contributed by atoms with Crippen molar-refractivity contribution in [2.45, 2.75) is 49.5 Å². The van der Waals surface area contributed by atoms with Gasteiger partial charge < -0.3 is 4.90 Å². The van der Waals surface area contributed by atoms with E-state index in [1.165, 1.54) is 29.5 Å². The first-order chi connectivity index (χ1) is 13.0. The van der Waals surface area contributed by atoms with E-state index >= 15 is 0 Å². The molecule has 1 aliphatic rings. The van der Waals surface area contributed by atoms with Gasteiger partial charge in [0.1, 0.15) is 0 Å². The second-order valence-electron chi connectivity index (χ2n) is 6.53. The smallest absolute Gasteiger partial charge is 0.259 e. The first kappa shape index (κ1) is 20.1. The molecule has 3 rings (SSSR count). The number of amides is 2. The van der Waals surface area contributed by atoms with Crippen LogP contribution in [0.25, 0.3) is 0 Å². The quantitative estimate of drug-likeness (QED) is 0.571. The fourth-order valence-electron chi connectivity index (χ4n) is 3.24. The van der Waals surface area contributed by atoms with Gasteiger partial charge in [-0.15, -0.1) is 10.2 Å². The molecule has 0 aliphatic carbocycles. The molecule has 1 saturated heterocycles. The highest BCUT2D eigenvalue weighted by molar-refractivity contribution is 8.01. The fraction of sp³-hybridized carbons (Fsp3) is 0.444. The molecule has 0 unspecified atom stereocenters. The van der Waals surface area contributed by atoms with Gasteiger partial charge in [-0.3, -0.25) is 14.9 Å². The third-order valence-electron chi connectivity index (χ3n) is 4.55. The Morgan fingerprint density at radius 3 is 2.67 bits per heavy atom. The van der Waals surface area contributed by atoms with E-state index in [0.29, 0.717) is 25.8 Å². The van der Waals surface area contributed by atoms with Crippen molar-refractivity contribution < 1.29 is 9.59 Å². The summed E-state index contributed by atoms with van der Waals surface area (Å²) in [6.07, 6.45) is 3.28. The lowest BCUT2D eigenvalue weighted by Crippen LogP contribution is -2.48. The van der Waals surface area contributed by atoms with Crippen LogP contribution in [-0.4, -0.2) is 44.7 Å². The van der Waals surface area contributed by atoms with Crippen LogP contribution in [0.5, 0.6) is 0 Å². The summed E-state index contributed by atoms with van der Waals surface area (Å²) in [4.78, 5) is 26.8. The number of thioether (sulfide) groups is 1. The van der Waals surface area contributed by atoms with Gasteiger partial charge >= 0.3 is 0 Å². The maximum atomic E-state index is 12.6. The minimum Gasteiger partial charge on any atom is -0.337 e. The maximum absolute atomic E-state index is 12.6. The van der Waals surface area contributed by atoms with Crippen LogP contribution in [0.1, 0.15) is 43.5 Å². The standard InChI is InChI=1S/C18H21ClN4O2S2/c1-11-6-5-7-12(2)23(11)15(24)10-26-18-22-21-17(27-18)20-16(25)13-8-3-4-9-14(13)19/h3-4,8-9,11-12H,5-7,10H2,1-2H3,(H,20,21,25)/t11-,12+. The third-order valence-corrected chi connectivity index (χ3v) is 6.83. The first-order valence-electron chi connectivity index (χ1n) is 8.79. The Morgan fingerprint density at radius 1 is 1.26 bits per heavy atom. The van der Waals surface area contributed by atoms with Gasteiger partial charge in [0.25, 0.3) is 5.91 Å². The summed E-state index contributed by atoms with van der Waals surface area (Å²) in [5.41, 5.74) is 0.381. The molecule has 2 amide bonds. The van der Waals surface area contributed by atoms with E-state index in [9.17, 15) is 9.59 Å². The summed E-state index contributed by atoms with van der Waals surface area (Å²) in [6, 6.07) is 7.37. The van der Waals surface area contributed by atoms with E-state index in [0.717, 1.165) is 12.8 Å². The van der Waals surface area contributed by atoms with Crippen molar-refractivity contribution in [3.8, 4) is 0 Å². The largest absolute Gasteiger partial charge is 0.337 e. The van der Waals surface area contributed by atoms with Gasteiger partial charge in [0.2, 0.25) is 11.0 Å². The van der Waals surface area contributed by atoms with Crippen molar-refractivity contribution in [2.24, 2.45) is 0 Å². The Hall–Kier alpha value is -1.64. The molecular weight excluding hydrogens is 404 g/mol. The normalized spacial score (nSPS) is 19.7. The number of carbonyl (C=O) groups is 2. The van der Waals surface area contributed by atoms with E-state index in [4.69, 9.17) is 11.6 Å². The molecular formula is C18H21ClN4O2S2. The number of aromatic nitrogens is 2. The van der Waals surface area contributed by atoms with Gasteiger partial charge in [0.15, 0.2) is 4.34 Å². The van der Waals surface area contributed by atoms with Crippen molar-refractivity contribution >= 4 is 51.6 Å². The number of rotatable bonds is 5. The Kier molecular flexibility index (Phi) is 6.73. The first-order valence-corrected chi connectivity index (χ1v) is 11.0. The minimum atomic E-state index is -0.333. The second kappa shape index (κ2) is 9.03. The molecule has 144 valence electrons. The molecule has 6 nitrogen and oxygen atoms in total. The average Bonchev–Trinajstić information content (AvgIpc) is 3.07. The lowest BCUT2D eigenvalue weighted by molar-refractivity contribution is -0.134. The van der Waals surface area contributed by atoms with Crippen molar-refractivity contribution in [3.05, 3.63) is 34.9 Å². The second-order valence-corrected chi connectivity index (χ2v) is 9.13. The summed E-state index contributed by atoms with van der Waals surface area (Å²) in [5, 5.41) is 11.5. The maximum Gasteiger partial charge on any atom is 0.259 e. The van der Waals surface area contributed by atoms with Gasteiger partial charge in [-0.2, -0.15) is 0 Å². The Bertz CT molecular complexity index is 819. The van der Waals surface area contributed by atoms with Crippen LogP contribution >= 0.6 is 34.7 Å². The molecule has 0 bridgehead atoms. The number of anilines is 1. The molecule has 9 heteroatoms. The highest BCUT2D eigenvalue weighted by Crippen LogP contribution is 2.28. The zero-order valence-corrected chi connectivity index (χ0v) is 17.5. The summed E-state index contributed by atoms with van der Waals surface area (Å²) in [5.74, 6) is 0.110. The van der Waals surface area contributed by atoms with Crippen LogP contribution in [0.15, 0.2) is 28.6 Å². The molecule has 0 radical (unpaired) electrons. The Morgan fingerprint density at radius 2 is 1.96 bits per heavy atom. The lowest BCUT2D eigenvalue weighted by Gasteiger charge is -2.39. The molecule has 27 heavy (non-hydrogen) atoms. The predicted octanol–water partition coefficient (Wildman–Crippen LogP) is 4.33. The lowest BCUT2D eigenvalue weighted by atomic mass is 9.98.